The Morgan fingerprint density at radius 2 is 2.62 bits per heavy atom. The normalized spacial score (nSPS) is 20.7. The minimum atomic E-state index is 0.0916. The molecule has 16 heavy (non-hydrogen) atoms. The molecule has 2 N–H and O–H groups in total. The first-order valence-corrected chi connectivity index (χ1v) is 5.84. The topological polar surface area (TPSA) is 59.0 Å². The van der Waals surface area contributed by atoms with E-state index in [0.29, 0.717) is 0 Å². The number of nitrogens with zero attached hydrogens (tertiary/aromatic N) is 2. The molecule has 0 spiro atoms. The molecule has 1 aliphatic heterocycles. The summed E-state index contributed by atoms with van der Waals surface area (Å²) in [5, 5.41) is 10.3. The van der Waals surface area contributed by atoms with E-state index in [1.165, 1.54) is 0 Å². The molecule has 0 saturated carbocycles. The Labute approximate surface area is 95.2 Å². The Morgan fingerprint density at radius 3 is 3.31 bits per heavy atom. The third-order valence-electron chi connectivity index (χ3n) is 2.94. The molecule has 1 saturated heterocycles. The van der Waals surface area contributed by atoms with E-state index < -0.39 is 0 Å². The predicted octanol–water partition coefficient (Wildman–Crippen LogP) is 0.841. The Kier molecular flexibility index (Phi) is 3.56. The largest absolute Gasteiger partial charge is 0.316 e. The van der Waals surface area contributed by atoms with Gasteiger partial charge in [-0.15, -0.1) is 0 Å². The number of amides is 1. The highest BCUT2D eigenvalue weighted by Crippen LogP contribution is 2.13. The van der Waals surface area contributed by atoms with Crippen LogP contribution in [0, 0.1) is 5.92 Å². The molecule has 1 atom stereocenters. The molecule has 0 bridgehead atoms. The molecule has 2 rings (SSSR count). The molecule has 0 radical (unpaired) electrons. The Hall–Kier alpha value is -1.36. The lowest BCUT2D eigenvalue weighted by molar-refractivity contribution is -0.120. The second-order valence-corrected chi connectivity index (χ2v) is 4.06. The smallest absolute Gasteiger partial charge is 0.229 e. The molecule has 1 fully saturated rings. The fourth-order valence-corrected chi connectivity index (χ4v) is 1.99. The number of aromatic nitrogens is 2. The van der Waals surface area contributed by atoms with Crippen molar-refractivity contribution in [3.05, 3.63) is 12.3 Å². The van der Waals surface area contributed by atoms with E-state index in [9.17, 15) is 4.79 Å². The van der Waals surface area contributed by atoms with Gasteiger partial charge in [-0.1, -0.05) is 0 Å². The number of carbonyl (C=O) groups is 1. The second-order valence-electron chi connectivity index (χ2n) is 4.06. The average molecular weight is 222 g/mol. The fourth-order valence-electron chi connectivity index (χ4n) is 1.99. The minimum Gasteiger partial charge on any atom is -0.316 e. The molecule has 0 aromatic carbocycles. The maximum atomic E-state index is 11.9. The second kappa shape index (κ2) is 5.12. The van der Waals surface area contributed by atoms with Crippen molar-refractivity contribution < 1.29 is 4.79 Å². The van der Waals surface area contributed by atoms with E-state index in [-0.39, 0.29) is 11.8 Å². The van der Waals surface area contributed by atoms with Gasteiger partial charge in [0.05, 0.1) is 12.1 Å². The van der Waals surface area contributed by atoms with Crippen molar-refractivity contribution >= 4 is 11.7 Å². The quantitative estimate of drug-likeness (QED) is 0.796. The molecule has 5 nitrogen and oxygen atoms in total. The number of hydrogen-bond donors (Lipinski definition) is 2. The molecule has 5 heteroatoms. The van der Waals surface area contributed by atoms with Crippen molar-refractivity contribution in [1.82, 2.24) is 15.1 Å². The monoisotopic (exact) mass is 222 g/mol. The van der Waals surface area contributed by atoms with Crippen molar-refractivity contribution in [2.75, 3.05) is 18.4 Å². The van der Waals surface area contributed by atoms with Crippen LogP contribution in [0.15, 0.2) is 12.3 Å². The van der Waals surface area contributed by atoms with Crippen LogP contribution in [0.3, 0.4) is 0 Å². The molecule has 2 heterocycles. The zero-order chi connectivity index (χ0) is 11.4. The van der Waals surface area contributed by atoms with Crippen LogP contribution in [0.2, 0.25) is 0 Å². The lowest BCUT2D eigenvalue weighted by Gasteiger charge is -2.21. The summed E-state index contributed by atoms with van der Waals surface area (Å²) in [5.41, 5.74) is 0. The summed E-state index contributed by atoms with van der Waals surface area (Å²) in [6.45, 7) is 4.58. The SMILES string of the molecule is CCn1nccc1NC(=O)C1CCCNC1. The van der Waals surface area contributed by atoms with Gasteiger partial charge in [-0.3, -0.25) is 4.79 Å². The van der Waals surface area contributed by atoms with Crippen LogP contribution in [0.25, 0.3) is 0 Å². The zero-order valence-corrected chi connectivity index (χ0v) is 9.57. The summed E-state index contributed by atoms with van der Waals surface area (Å²) >= 11 is 0. The van der Waals surface area contributed by atoms with E-state index >= 15 is 0 Å². The van der Waals surface area contributed by atoms with Gasteiger partial charge in [0.2, 0.25) is 5.91 Å². The number of rotatable bonds is 3. The molecular weight excluding hydrogens is 204 g/mol. The van der Waals surface area contributed by atoms with Gasteiger partial charge in [-0.05, 0) is 26.3 Å². The lowest BCUT2D eigenvalue weighted by atomic mass is 9.99. The highest BCUT2D eigenvalue weighted by atomic mass is 16.2. The van der Waals surface area contributed by atoms with Gasteiger partial charge in [0.15, 0.2) is 0 Å². The third kappa shape index (κ3) is 2.41. The van der Waals surface area contributed by atoms with E-state index in [0.717, 1.165) is 38.3 Å². The van der Waals surface area contributed by atoms with Crippen LogP contribution < -0.4 is 10.6 Å². The van der Waals surface area contributed by atoms with Crippen LogP contribution in [0.5, 0.6) is 0 Å². The number of nitrogens with one attached hydrogen (secondary N) is 2. The average Bonchev–Trinajstić information content (AvgIpc) is 2.77. The van der Waals surface area contributed by atoms with Gasteiger partial charge in [-0.25, -0.2) is 4.68 Å². The highest BCUT2D eigenvalue weighted by Gasteiger charge is 2.21. The van der Waals surface area contributed by atoms with Crippen LogP contribution in [-0.2, 0) is 11.3 Å². The number of aryl methyl sites for hydroxylation is 1. The van der Waals surface area contributed by atoms with E-state index in [1.54, 1.807) is 10.9 Å². The third-order valence-corrected chi connectivity index (χ3v) is 2.94. The predicted molar refractivity (Wildman–Crippen MR) is 62.1 cm³/mol. The molecule has 1 unspecified atom stereocenters. The van der Waals surface area contributed by atoms with Gasteiger partial charge in [-0.2, -0.15) is 5.10 Å². The van der Waals surface area contributed by atoms with Crippen molar-refractivity contribution in [3.8, 4) is 0 Å². The van der Waals surface area contributed by atoms with E-state index in [1.807, 2.05) is 13.0 Å². The van der Waals surface area contributed by atoms with Crippen LogP contribution in [0.4, 0.5) is 5.82 Å². The maximum Gasteiger partial charge on any atom is 0.229 e. The summed E-state index contributed by atoms with van der Waals surface area (Å²) in [5.74, 6) is 0.981. The summed E-state index contributed by atoms with van der Waals surface area (Å²) in [6, 6.07) is 1.83. The first-order valence-electron chi connectivity index (χ1n) is 5.84. The van der Waals surface area contributed by atoms with E-state index in [2.05, 4.69) is 15.7 Å². The summed E-state index contributed by atoms with van der Waals surface area (Å²) in [6.07, 6.45) is 3.75. The molecule has 88 valence electrons. The number of piperidine rings is 1. The Balaban J connectivity index is 1.95. The van der Waals surface area contributed by atoms with Gasteiger partial charge in [0.1, 0.15) is 5.82 Å². The zero-order valence-electron chi connectivity index (χ0n) is 9.57. The van der Waals surface area contributed by atoms with E-state index in [4.69, 9.17) is 0 Å². The standard InChI is InChI=1S/C11H18N4O/c1-2-15-10(5-7-13-15)14-11(16)9-4-3-6-12-8-9/h5,7,9,12H,2-4,6,8H2,1H3,(H,14,16). The molecule has 1 aromatic heterocycles. The molecule has 1 aliphatic rings. The van der Waals surface area contributed by atoms with Gasteiger partial charge < -0.3 is 10.6 Å². The van der Waals surface area contributed by atoms with Crippen molar-refractivity contribution in [1.29, 1.82) is 0 Å². The number of hydrogen-bond acceptors (Lipinski definition) is 3. The maximum absolute atomic E-state index is 11.9. The van der Waals surface area contributed by atoms with Gasteiger partial charge >= 0.3 is 0 Å². The fraction of sp³-hybridized carbons (Fsp3) is 0.636. The molecule has 0 aliphatic carbocycles. The van der Waals surface area contributed by atoms with Crippen LogP contribution in [-0.4, -0.2) is 28.8 Å². The van der Waals surface area contributed by atoms with Gasteiger partial charge in [0, 0.05) is 19.2 Å². The summed E-state index contributed by atoms with van der Waals surface area (Å²) in [7, 11) is 0. The molecule has 1 amide bonds. The lowest BCUT2D eigenvalue weighted by Crippen LogP contribution is -2.37. The van der Waals surface area contributed by atoms with Crippen LogP contribution >= 0.6 is 0 Å². The van der Waals surface area contributed by atoms with Crippen molar-refractivity contribution in [2.24, 2.45) is 5.92 Å². The highest BCUT2D eigenvalue weighted by molar-refractivity contribution is 5.91. The molecule has 1 aromatic rings. The van der Waals surface area contributed by atoms with Crippen molar-refractivity contribution in [3.63, 3.8) is 0 Å². The summed E-state index contributed by atoms with van der Waals surface area (Å²) < 4.78 is 1.79. The van der Waals surface area contributed by atoms with Crippen molar-refractivity contribution in [2.45, 2.75) is 26.3 Å². The van der Waals surface area contributed by atoms with Crippen LogP contribution in [0.1, 0.15) is 19.8 Å². The molecular formula is C11H18N4O. The van der Waals surface area contributed by atoms with Gasteiger partial charge in [0.25, 0.3) is 0 Å². The summed E-state index contributed by atoms with van der Waals surface area (Å²) in [4.78, 5) is 11.9. The first-order chi connectivity index (χ1) is 7.81. The number of anilines is 1. The Bertz CT molecular complexity index is 355. The first kappa shape index (κ1) is 11.1. The number of carbonyl (C=O) groups excluding carboxylic acids is 1. The minimum absolute atomic E-state index is 0.0916. The Morgan fingerprint density at radius 1 is 1.75 bits per heavy atom.